The number of amides is 1. The van der Waals surface area contributed by atoms with E-state index in [-0.39, 0.29) is 10.8 Å². The van der Waals surface area contributed by atoms with Crippen molar-refractivity contribution in [1.29, 1.82) is 5.26 Å². The van der Waals surface area contributed by atoms with Crippen molar-refractivity contribution in [2.75, 3.05) is 5.32 Å². The van der Waals surface area contributed by atoms with Crippen LogP contribution in [0.4, 0.5) is 5.69 Å². The summed E-state index contributed by atoms with van der Waals surface area (Å²) >= 11 is 11.7. The maximum Gasteiger partial charge on any atom is 0.274 e. The molecule has 2 aromatic rings. The van der Waals surface area contributed by atoms with Gasteiger partial charge < -0.3 is 5.32 Å². The molecule has 0 atom stereocenters. The van der Waals surface area contributed by atoms with Crippen molar-refractivity contribution in [3.05, 3.63) is 57.8 Å². The lowest BCUT2D eigenvalue weighted by molar-refractivity contribution is 0.102. The average Bonchev–Trinajstić information content (AvgIpc) is 2.41. The Morgan fingerprint density at radius 2 is 2.05 bits per heavy atom. The number of pyridine rings is 1. The SMILES string of the molecule is N#Cc1ccc(Cl)c(NC(=O)c2cccc(Cl)n2)c1. The molecule has 1 aromatic heterocycles. The fourth-order valence-electron chi connectivity index (χ4n) is 1.41. The molecule has 0 fully saturated rings. The number of nitriles is 1. The molecule has 2 rings (SSSR count). The Kier molecular flexibility index (Phi) is 4.00. The van der Waals surface area contributed by atoms with E-state index in [4.69, 9.17) is 28.5 Å². The van der Waals surface area contributed by atoms with E-state index in [1.54, 1.807) is 24.3 Å². The molecule has 1 aromatic carbocycles. The van der Waals surface area contributed by atoms with Crippen LogP contribution in [0.25, 0.3) is 0 Å². The minimum absolute atomic E-state index is 0.172. The average molecular weight is 292 g/mol. The van der Waals surface area contributed by atoms with Crippen LogP contribution >= 0.6 is 23.2 Å². The third kappa shape index (κ3) is 3.22. The van der Waals surface area contributed by atoms with Crippen LogP contribution in [0.3, 0.4) is 0 Å². The Hall–Kier alpha value is -2.09. The molecule has 0 unspecified atom stereocenters. The van der Waals surface area contributed by atoms with E-state index in [9.17, 15) is 4.79 Å². The van der Waals surface area contributed by atoms with Crippen molar-refractivity contribution >= 4 is 34.8 Å². The number of nitrogens with zero attached hydrogens (tertiary/aromatic N) is 2. The number of nitrogens with one attached hydrogen (secondary N) is 1. The van der Waals surface area contributed by atoms with Crippen LogP contribution in [0.15, 0.2) is 36.4 Å². The summed E-state index contributed by atoms with van der Waals surface area (Å²) in [4.78, 5) is 15.8. The highest BCUT2D eigenvalue weighted by Gasteiger charge is 2.10. The molecule has 1 heterocycles. The third-order valence-corrected chi connectivity index (χ3v) is 2.83. The first kappa shape index (κ1) is 13.3. The Morgan fingerprint density at radius 3 is 2.74 bits per heavy atom. The van der Waals surface area contributed by atoms with Gasteiger partial charge in [0.1, 0.15) is 10.8 Å². The quantitative estimate of drug-likeness (QED) is 0.861. The van der Waals surface area contributed by atoms with Crippen LogP contribution < -0.4 is 5.32 Å². The molecule has 0 spiro atoms. The predicted octanol–water partition coefficient (Wildman–Crippen LogP) is 3.51. The summed E-state index contributed by atoms with van der Waals surface area (Å²) in [6.45, 7) is 0. The monoisotopic (exact) mass is 291 g/mol. The van der Waals surface area contributed by atoms with Gasteiger partial charge in [0.2, 0.25) is 0 Å². The largest absolute Gasteiger partial charge is 0.319 e. The fraction of sp³-hybridized carbons (Fsp3) is 0. The highest BCUT2D eigenvalue weighted by atomic mass is 35.5. The van der Waals surface area contributed by atoms with Crippen LogP contribution in [0, 0.1) is 11.3 Å². The molecular formula is C13H7Cl2N3O. The van der Waals surface area contributed by atoms with Crippen LogP contribution in [0.5, 0.6) is 0 Å². The van der Waals surface area contributed by atoms with Gasteiger partial charge in [-0.05, 0) is 30.3 Å². The first-order valence-electron chi connectivity index (χ1n) is 5.23. The van der Waals surface area contributed by atoms with E-state index in [2.05, 4.69) is 10.3 Å². The minimum Gasteiger partial charge on any atom is -0.319 e. The van der Waals surface area contributed by atoms with E-state index < -0.39 is 5.91 Å². The number of benzene rings is 1. The smallest absolute Gasteiger partial charge is 0.274 e. The van der Waals surface area contributed by atoms with E-state index in [0.717, 1.165) is 0 Å². The van der Waals surface area contributed by atoms with Crippen molar-refractivity contribution in [2.45, 2.75) is 0 Å². The fourth-order valence-corrected chi connectivity index (χ4v) is 1.74. The molecular weight excluding hydrogens is 285 g/mol. The molecule has 0 aliphatic heterocycles. The van der Waals surface area contributed by atoms with Crippen molar-refractivity contribution in [2.24, 2.45) is 0 Å². The second kappa shape index (κ2) is 5.70. The number of carbonyl (C=O) groups is 1. The minimum atomic E-state index is -0.445. The topological polar surface area (TPSA) is 65.8 Å². The molecule has 0 saturated heterocycles. The van der Waals surface area contributed by atoms with Gasteiger partial charge in [-0.15, -0.1) is 0 Å². The number of hydrogen-bond donors (Lipinski definition) is 1. The lowest BCUT2D eigenvalue weighted by Crippen LogP contribution is -2.14. The van der Waals surface area contributed by atoms with Crippen molar-refractivity contribution in [1.82, 2.24) is 4.98 Å². The molecule has 0 aliphatic carbocycles. The Labute approximate surface area is 119 Å². The first-order valence-corrected chi connectivity index (χ1v) is 5.99. The number of halogens is 2. The highest BCUT2D eigenvalue weighted by molar-refractivity contribution is 6.34. The normalized spacial score (nSPS) is 9.74. The number of aromatic nitrogens is 1. The summed E-state index contributed by atoms with van der Waals surface area (Å²) < 4.78 is 0. The zero-order valence-corrected chi connectivity index (χ0v) is 11.0. The van der Waals surface area contributed by atoms with Gasteiger partial charge in [0, 0.05) is 0 Å². The van der Waals surface area contributed by atoms with E-state index in [0.29, 0.717) is 16.3 Å². The Bertz CT molecular complexity index is 680. The number of carbonyl (C=O) groups excluding carboxylic acids is 1. The van der Waals surface area contributed by atoms with E-state index in [1.807, 2.05) is 6.07 Å². The summed E-state index contributed by atoms with van der Waals surface area (Å²) in [6.07, 6.45) is 0. The summed E-state index contributed by atoms with van der Waals surface area (Å²) in [5.41, 5.74) is 0.928. The first-order chi connectivity index (χ1) is 9.10. The lowest BCUT2D eigenvalue weighted by atomic mass is 10.2. The molecule has 1 amide bonds. The van der Waals surface area contributed by atoms with Crippen molar-refractivity contribution < 1.29 is 4.79 Å². The second-order valence-corrected chi connectivity index (χ2v) is 4.40. The van der Waals surface area contributed by atoms with Crippen LogP contribution in [-0.4, -0.2) is 10.9 Å². The van der Waals surface area contributed by atoms with Gasteiger partial charge in [-0.2, -0.15) is 5.26 Å². The van der Waals surface area contributed by atoms with Crippen LogP contribution in [0.2, 0.25) is 10.2 Å². The molecule has 94 valence electrons. The van der Waals surface area contributed by atoms with Gasteiger partial charge in [-0.1, -0.05) is 29.3 Å². The Balaban J connectivity index is 2.27. The standard InChI is InChI=1S/C13H7Cl2N3O/c14-9-5-4-8(7-16)6-11(9)18-13(19)10-2-1-3-12(15)17-10/h1-6H,(H,18,19). The maximum atomic E-state index is 11.9. The Morgan fingerprint density at radius 1 is 1.26 bits per heavy atom. The van der Waals surface area contributed by atoms with Gasteiger partial charge >= 0.3 is 0 Å². The number of anilines is 1. The lowest BCUT2D eigenvalue weighted by Gasteiger charge is -2.07. The van der Waals surface area contributed by atoms with E-state index in [1.165, 1.54) is 12.1 Å². The molecule has 19 heavy (non-hydrogen) atoms. The number of rotatable bonds is 2. The molecule has 0 saturated carbocycles. The summed E-state index contributed by atoms with van der Waals surface area (Å²) in [7, 11) is 0. The summed E-state index contributed by atoms with van der Waals surface area (Å²) in [5.74, 6) is -0.445. The van der Waals surface area contributed by atoms with Gasteiger partial charge in [0.05, 0.1) is 22.3 Å². The maximum absolute atomic E-state index is 11.9. The molecule has 4 nitrogen and oxygen atoms in total. The molecule has 1 N–H and O–H groups in total. The number of hydrogen-bond acceptors (Lipinski definition) is 3. The highest BCUT2D eigenvalue weighted by Crippen LogP contribution is 2.23. The van der Waals surface area contributed by atoms with Gasteiger partial charge in [0.15, 0.2) is 0 Å². The van der Waals surface area contributed by atoms with Crippen LogP contribution in [-0.2, 0) is 0 Å². The summed E-state index contributed by atoms with van der Waals surface area (Å²) in [5, 5.41) is 12.0. The van der Waals surface area contributed by atoms with Crippen LogP contribution in [0.1, 0.15) is 16.1 Å². The van der Waals surface area contributed by atoms with Crippen molar-refractivity contribution in [3.8, 4) is 6.07 Å². The predicted molar refractivity (Wildman–Crippen MR) is 73.4 cm³/mol. The van der Waals surface area contributed by atoms with E-state index >= 15 is 0 Å². The van der Waals surface area contributed by atoms with Crippen molar-refractivity contribution in [3.63, 3.8) is 0 Å². The zero-order chi connectivity index (χ0) is 13.8. The van der Waals surface area contributed by atoms with Gasteiger partial charge in [-0.3, -0.25) is 4.79 Å². The molecule has 6 heteroatoms. The van der Waals surface area contributed by atoms with Gasteiger partial charge in [-0.25, -0.2) is 4.98 Å². The molecule has 0 radical (unpaired) electrons. The molecule has 0 bridgehead atoms. The third-order valence-electron chi connectivity index (χ3n) is 2.29. The molecule has 0 aliphatic rings. The zero-order valence-electron chi connectivity index (χ0n) is 9.52. The summed E-state index contributed by atoms with van der Waals surface area (Å²) in [6, 6.07) is 11.3. The second-order valence-electron chi connectivity index (χ2n) is 3.61. The van der Waals surface area contributed by atoms with Gasteiger partial charge in [0.25, 0.3) is 5.91 Å².